The van der Waals surface area contributed by atoms with Crippen LogP contribution >= 0.6 is 58.9 Å². The molecular formula is C58H58BBrCl2F8N10O12P2S2. The third-order valence-corrected chi connectivity index (χ3v) is 18.8. The number of ether oxygens (including phenoxy) is 4. The molecular weight excluding hydrogens is 1470 g/mol. The van der Waals surface area contributed by atoms with Crippen LogP contribution in [-0.2, 0) is 55.7 Å². The molecule has 0 aliphatic carbocycles. The average molecular weight is 1530 g/mol. The van der Waals surface area contributed by atoms with Crippen molar-refractivity contribution in [3.63, 3.8) is 0 Å². The molecule has 38 heteroatoms. The minimum atomic E-state index is -4.99. The average Bonchev–Trinajstić information content (AvgIpc) is 1.38. The molecule has 4 aromatic heterocycles. The van der Waals surface area contributed by atoms with Crippen LogP contribution in [0.15, 0.2) is 136 Å². The van der Waals surface area contributed by atoms with Crippen molar-refractivity contribution in [2.45, 2.75) is 77.6 Å². The lowest BCUT2D eigenvalue weighted by Gasteiger charge is -2.32. The Morgan fingerprint density at radius 3 is 1.48 bits per heavy atom. The van der Waals surface area contributed by atoms with Gasteiger partial charge in [0.05, 0.1) is 41.3 Å². The predicted octanol–water partition coefficient (Wildman–Crippen LogP) is 10.6. The summed E-state index contributed by atoms with van der Waals surface area (Å²) in [6, 6.07) is 23.5. The van der Waals surface area contributed by atoms with E-state index in [0.29, 0.717) is 33.7 Å². The van der Waals surface area contributed by atoms with E-state index in [1.807, 2.05) is 27.7 Å². The van der Waals surface area contributed by atoms with Gasteiger partial charge in [0.1, 0.15) is 34.6 Å². The van der Waals surface area contributed by atoms with E-state index < -0.39 is 80.2 Å². The van der Waals surface area contributed by atoms with E-state index in [1.54, 1.807) is 12.1 Å². The van der Waals surface area contributed by atoms with Crippen LogP contribution < -0.4 is 45.0 Å². The highest BCUT2D eigenvalue weighted by atomic mass is 79.9. The van der Waals surface area contributed by atoms with Gasteiger partial charge in [-0.15, -0.1) is 36.5 Å². The van der Waals surface area contributed by atoms with Crippen LogP contribution in [0.1, 0.15) is 50.2 Å². The second-order valence-corrected chi connectivity index (χ2v) is 26.6. The zero-order valence-electron chi connectivity index (χ0n) is 51.2. The fourth-order valence-corrected chi connectivity index (χ4v) is 12.9. The van der Waals surface area contributed by atoms with E-state index >= 15 is 4.39 Å². The van der Waals surface area contributed by atoms with Gasteiger partial charge in [-0.05, 0) is 139 Å². The van der Waals surface area contributed by atoms with Gasteiger partial charge in [0.2, 0.25) is 0 Å². The van der Waals surface area contributed by atoms with Gasteiger partial charge in [-0.25, -0.2) is 8.78 Å². The molecule has 96 heavy (non-hydrogen) atoms. The molecule has 0 spiro atoms. The van der Waals surface area contributed by atoms with Crippen molar-refractivity contribution in [2.24, 2.45) is 0 Å². The maximum atomic E-state index is 15.5. The van der Waals surface area contributed by atoms with Crippen molar-refractivity contribution in [3.05, 3.63) is 191 Å². The number of hydrogen-bond donors (Lipinski definition) is 2. The fraction of sp³-hybridized carbons (Fsp3) is 0.276. The summed E-state index contributed by atoms with van der Waals surface area (Å²) in [5, 5.41) is 14.7. The summed E-state index contributed by atoms with van der Waals surface area (Å²) >= 11 is 14.9. The van der Waals surface area contributed by atoms with Crippen LogP contribution in [0.3, 0.4) is 0 Å². The number of nitrogens with zero attached hydrogens (tertiary/aromatic N) is 8. The van der Waals surface area contributed by atoms with E-state index in [0.717, 1.165) is 24.3 Å². The highest BCUT2D eigenvalue weighted by molar-refractivity contribution is 9.10. The van der Waals surface area contributed by atoms with Crippen LogP contribution in [0.2, 0.25) is 10.0 Å². The summed E-state index contributed by atoms with van der Waals surface area (Å²) < 4.78 is 197. The molecule has 2 atom stereocenters. The fourth-order valence-electron chi connectivity index (χ4n) is 9.88. The van der Waals surface area contributed by atoms with Crippen molar-refractivity contribution < 1.29 is 80.2 Å². The molecule has 4 aromatic carbocycles. The number of halogens is 11. The molecule has 8 aromatic rings. The lowest BCUT2D eigenvalue weighted by molar-refractivity contribution is -0.275. The Morgan fingerprint density at radius 2 is 1.04 bits per heavy atom. The molecule has 1 saturated heterocycles. The van der Waals surface area contributed by atoms with Gasteiger partial charge in [-0.2, -0.15) is 55.4 Å². The highest BCUT2D eigenvalue weighted by Gasteiger charge is 2.52. The maximum Gasteiger partial charge on any atom is 0.573 e. The number of methoxy groups -OCH3 is 2. The summed E-state index contributed by atoms with van der Waals surface area (Å²) in [6.45, 7) is 7.45. The topological polar surface area (TPSA) is 250 Å². The van der Waals surface area contributed by atoms with Gasteiger partial charge in [0.15, 0.2) is 11.6 Å². The Bertz CT molecular complexity index is 4510. The van der Waals surface area contributed by atoms with Crippen molar-refractivity contribution >= 4 is 104 Å². The molecule has 0 saturated carbocycles. The van der Waals surface area contributed by atoms with Gasteiger partial charge in [-0.3, -0.25) is 28.2 Å². The van der Waals surface area contributed by atoms with Crippen LogP contribution in [0, 0.1) is 11.6 Å². The van der Waals surface area contributed by atoms with Crippen LogP contribution in [0.4, 0.5) is 46.8 Å². The Kier molecular flexibility index (Phi) is 24.1. The van der Waals surface area contributed by atoms with E-state index in [1.165, 1.54) is 117 Å². The van der Waals surface area contributed by atoms with Crippen molar-refractivity contribution in [2.75, 3.05) is 36.8 Å². The van der Waals surface area contributed by atoms with Crippen molar-refractivity contribution in [1.82, 2.24) is 38.1 Å². The van der Waals surface area contributed by atoms with Gasteiger partial charge in [0, 0.05) is 103 Å². The second kappa shape index (κ2) is 30.3. The first-order chi connectivity index (χ1) is 44.0. The summed E-state index contributed by atoms with van der Waals surface area (Å²) in [4.78, 5) is 25.7. The SMILES string of the molecule is CC1(C)OB(c2cc(Cl)cc(OC(F)(F)F)c2)OC1(C)C.COc1cc(-c2cc(Cl)cc(OC(F)(F)F)c2)c(F)cc1-n1c2c(ccc1=O)CN(S(=O)(=O)Nc1cccnn1)CC2.COc1cc(Br)c(F)cc1-n1c2c(ccc1=O)CN(S(=O)(=O)Nc1cccnn1)CC2.P.P. The monoisotopic (exact) mass is 1520 g/mol. The zero-order chi connectivity index (χ0) is 68.5. The van der Waals surface area contributed by atoms with Crippen LogP contribution in [-0.4, -0.2) is 113 Å². The van der Waals surface area contributed by atoms with E-state index in [4.69, 9.17) is 42.0 Å². The summed E-state index contributed by atoms with van der Waals surface area (Å²) in [7, 11) is -6.01. The largest absolute Gasteiger partial charge is 0.573 e. The first-order valence-electron chi connectivity index (χ1n) is 27.5. The van der Waals surface area contributed by atoms with Gasteiger partial charge < -0.3 is 28.3 Å². The normalized spacial score (nSPS) is 15.2. The summed E-state index contributed by atoms with van der Waals surface area (Å²) in [6.07, 6.45) is -6.60. The molecule has 514 valence electrons. The Balaban J connectivity index is 0.000000213. The zero-order valence-corrected chi connectivity index (χ0v) is 58.8. The van der Waals surface area contributed by atoms with Crippen LogP contribution in [0.25, 0.3) is 22.5 Å². The second-order valence-electron chi connectivity index (χ2n) is 21.6. The lowest BCUT2D eigenvalue weighted by atomic mass is 9.79. The number of rotatable bonds is 14. The van der Waals surface area contributed by atoms with E-state index in [2.05, 4.69) is 55.2 Å². The van der Waals surface area contributed by atoms with Crippen molar-refractivity contribution in [3.8, 4) is 45.5 Å². The molecule has 0 radical (unpaired) electrons. The Morgan fingerprint density at radius 1 is 0.604 bits per heavy atom. The molecule has 22 nitrogen and oxygen atoms in total. The minimum Gasteiger partial charge on any atom is -0.495 e. The maximum absolute atomic E-state index is 15.5. The predicted molar refractivity (Wildman–Crippen MR) is 355 cm³/mol. The lowest BCUT2D eigenvalue weighted by Crippen LogP contribution is -2.41. The minimum absolute atomic E-state index is 0. The van der Waals surface area contributed by atoms with Crippen molar-refractivity contribution in [1.29, 1.82) is 0 Å². The van der Waals surface area contributed by atoms with Gasteiger partial charge >= 0.3 is 40.3 Å². The number of nitrogens with one attached hydrogen (secondary N) is 2. The quantitative estimate of drug-likeness (QED) is 0.0583. The number of pyridine rings is 2. The highest BCUT2D eigenvalue weighted by Crippen LogP contribution is 2.40. The van der Waals surface area contributed by atoms with E-state index in [9.17, 15) is 57.2 Å². The first-order valence-corrected chi connectivity index (χ1v) is 32.0. The number of benzene rings is 4. The number of fused-ring (bicyclic) bond motifs is 2. The number of alkyl halides is 6. The molecule has 2 unspecified atom stereocenters. The first kappa shape index (κ1) is 76.3. The molecule has 0 bridgehead atoms. The number of anilines is 2. The molecule has 3 aliphatic rings. The van der Waals surface area contributed by atoms with Crippen LogP contribution in [0.5, 0.6) is 23.0 Å². The van der Waals surface area contributed by atoms with Gasteiger partial charge in [0.25, 0.3) is 11.1 Å². The molecule has 1 fully saturated rings. The Hall–Kier alpha value is -7.10. The molecule has 3 aliphatic heterocycles. The van der Waals surface area contributed by atoms with E-state index in [-0.39, 0.29) is 119 Å². The molecule has 2 N–H and O–H groups in total. The number of hydrogen-bond acceptors (Lipinski definition) is 16. The molecule has 7 heterocycles. The van der Waals surface area contributed by atoms with Gasteiger partial charge in [-0.1, -0.05) is 35.3 Å². The third-order valence-electron chi connectivity index (χ3n) is 14.8. The third kappa shape index (κ3) is 18.2. The smallest absolute Gasteiger partial charge is 0.495 e. The number of aromatic nitrogens is 6. The molecule has 11 rings (SSSR count). The Labute approximate surface area is 569 Å². The summed E-state index contributed by atoms with van der Waals surface area (Å²) in [5.74, 6) is -2.01. The molecule has 0 amide bonds. The standard InChI is InChI=1S/C26H20ClF4N5O5S.C19H17BrFN5O4S.C13H15BClF3O3.2H3P/c1-40-23-12-19(16-9-17(27)11-18(10-16)41-26(29,30)31)20(28)13-22(23)36-21-6-8-35(14-15(21)4-5-25(36)37)42(38,39)34-24-3-2-7-32-33-24;1-30-17-9-13(20)14(21)10-16(17)26-15-6-8-25(11-12(15)4-5-19(26)27)31(28,29)24-18-3-2-7-22-23-18;1-11(2)12(3,4)21-14(20-11)8-5-9(15)7-10(6-8)19-13(16,17)18;;/h2-5,7,9-13H,6,8,14H2,1H3,(H,33,34);2-5,7,9-10H,6,8,11H2,1H3,(H,23,24);5-7H,1-4H3;2*1H3. The summed E-state index contributed by atoms with van der Waals surface area (Å²) in [5.41, 5.74) is 0.518.